The van der Waals surface area contributed by atoms with Gasteiger partial charge in [0.05, 0.1) is 0 Å². The number of hydrogen-bond donors (Lipinski definition) is 1. The summed E-state index contributed by atoms with van der Waals surface area (Å²) in [4.78, 5) is -0.480. The predicted octanol–water partition coefficient (Wildman–Crippen LogP) is 3.47. The Labute approximate surface area is 132 Å². The summed E-state index contributed by atoms with van der Waals surface area (Å²) in [7, 11) is -4.09. The Morgan fingerprint density at radius 1 is 1.09 bits per heavy atom. The van der Waals surface area contributed by atoms with Crippen molar-refractivity contribution in [2.24, 2.45) is 0 Å². The summed E-state index contributed by atoms with van der Waals surface area (Å²) < 4.78 is 69.0. The number of ether oxygens (including phenoxy) is 1. The molecule has 0 radical (unpaired) electrons. The van der Waals surface area contributed by atoms with Crippen molar-refractivity contribution in [2.75, 3.05) is 0 Å². The lowest BCUT2D eigenvalue weighted by Crippen LogP contribution is -2.27. The van der Waals surface area contributed by atoms with E-state index < -0.39 is 33.4 Å². The van der Waals surface area contributed by atoms with E-state index in [1.165, 1.54) is 37.3 Å². The highest BCUT2D eigenvalue weighted by Gasteiger charge is 2.22. The van der Waals surface area contributed by atoms with Gasteiger partial charge in [-0.3, -0.25) is 0 Å². The molecule has 124 valence electrons. The monoisotopic (exact) mass is 345 g/mol. The quantitative estimate of drug-likeness (QED) is 0.872. The van der Waals surface area contributed by atoms with Crippen molar-refractivity contribution in [1.82, 2.24) is 4.72 Å². The first kappa shape index (κ1) is 17.3. The zero-order valence-electron chi connectivity index (χ0n) is 12.0. The summed E-state index contributed by atoms with van der Waals surface area (Å²) in [5.74, 6) is -0.962. The summed E-state index contributed by atoms with van der Waals surface area (Å²) in [6.45, 7) is -1.46. The molecule has 0 aliphatic carbocycles. The molecule has 0 heterocycles. The Morgan fingerprint density at radius 3 is 2.43 bits per heavy atom. The van der Waals surface area contributed by atoms with Crippen LogP contribution in [0.1, 0.15) is 18.5 Å². The van der Waals surface area contributed by atoms with Gasteiger partial charge in [-0.05, 0) is 36.8 Å². The number of alkyl halides is 2. The lowest BCUT2D eigenvalue weighted by Gasteiger charge is -2.16. The molecule has 0 aliphatic heterocycles. The molecule has 0 spiro atoms. The number of benzene rings is 2. The minimum atomic E-state index is -4.09. The summed E-state index contributed by atoms with van der Waals surface area (Å²) in [6, 6.07) is 9.82. The lowest BCUT2D eigenvalue weighted by molar-refractivity contribution is -0.0499. The largest absolute Gasteiger partial charge is 0.435 e. The molecule has 4 nitrogen and oxygen atoms in total. The minimum absolute atomic E-state index is 0.0885. The second kappa shape index (κ2) is 7.01. The van der Waals surface area contributed by atoms with E-state index in [-0.39, 0.29) is 5.75 Å². The van der Waals surface area contributed by atoms with Crippen molar-refractivity contribution in [2.45, 2.75) is 24.5 Å². The van der Waals surface area contributed by atoms with E-state index in [9.17, 15) is 21.6 Å². The highest BCUT2D eigenvalue weighted by Crippen LogP contribution is 2.23. The predicted molar refractivity (Wildman–Crippen MR) is 78.2 cm³/mol. The first-order valence-electron chi connectivity index (χ1n) is 6.61. The van der Waals surface area contributed by atoms with Crippen LogP contribution in [0.2, 0.25) is 0 Å². The Morgan fingerprint density at radius 2 is 1.78 bits per heavy atom. The topological polar surface area (TPSA) is 55.4 Å². The van der Waals surface area contributed by atoms with E-state index in [1.807, 2.05) is 0 Å². The van der Waals surface area contributed by atoms with Crippen molar-refractivity contribution in [3.05, 3.63) is 59.9 Å². The number of nitrogens with one attached hydrogen (secondary N) is 1. The molecule has 0 saturated heterocycles. The molecule has 0 bridgehead atoms. The average molecular weight is 345 g/mol. The van der Waals surface area contributed by atoms with Crippen LogP contribution in [0.25, 0.3) is 0 Å². The van der Waals surface area contributed by atoms with Gasteiger partial charge in [-0.2, -0.15) is 8.78 Å². The smallest absolute Gasteiger partial charge is 0.387 e. The summed E-state index contributed by atoms with van der Waals surface area (Å²) in [5.41, 5.74) is 0.406. The maximum absolute atomic E-state index is 13.6. The van der Waals surface area contributed by atoms with Gasteiger partial charge >= 0.3 is 6.61 Å². The van der Waals surface area contributed by atoms with Crippen LogP contribution in [0.3, 0.4) is 0 Å². The lowest BCUT2D eigenvalue weighted by atomic mass is 10.1. The van der Waals surface area contributed by atoms with Crippen molar-refractivity contribution >= 4 is 10.0 Å². The van der Waals surface area contributed by atoms with E-state index in [1.54, 1.807) is 6.07 Å². The van der Waals surface area contributed by atoms with Crippen LogP contribution in [-0.4, -0.2) is 15.0 Å². The van der Waals surface area contributed by atoms with Crippen LogP contribution in [0.15, 0.2) is 53.4 Å². The first-order chi connectivity index (χ1) is 10.8. The van der Waals surface area contributed by atoms with Gasteiger partial charge in [-0.1, -0.05) is 24.3 Å². The number of hydrogen-bond acceptors (Lipinski definition) is 3. The second-order valence-corrected chi connectivity index (χ2v) is 6.41. The molecule has 0 aliphatic rings. The Hall–Kier alpha value is -2.06. The van der Waals surface area contributed by atoms with Gasteiger partial charge in [0.15, 0.2) is 0 Å². The van der Waals surface area contributed by atoms with Gasteiger partial charge in [0.25, 0.3) is 0 Å². The summed E-state index contributed by atoms with van der Waals surface area (Å²) in [6.07, 6.45) is 0. The van der Waals surface area contributed by atoms with Gasteiger partial charge in [0.2, 0.25) is 10.0 Å². The van der Waals surface area contributed by atoms with E-state index in [0.29, 0.717) is 5.56 Å². The van der Waals surface area contributed by atoms with Gasteiger partial charge in [0, 0.05) is 6.04 Å². The standard InChI is InChI=1S/C15H14F3NO3S/c1-10(11-5-4-6-12(9-11)22-15(17)18)19-23(20,21)14-8-3-2-7-13(14)16/h2-10,15,19H,1H3. The van der Waals surface area contributed by atoms with Crippen LogP contribution in [0.5, 0.6) is 5.75 Å². The summed E-state index contributed by atoms with van der Waals surface area (Å²) >= 11 is 0. The van der Waals surface area contributed by atoms with Crippen molar-refractivity contribution < 1.29 is 26.3 Å². The molecule has 0 saturated carbocycles. The average Bonchev–Trinajstić information content (AvgIpc) is 2.46. The normalized spacial score (nSPS) is 13.1. The number of halogens is 3. The fraction of sp³-hybridized carbons (Fsp3) is 0.200. The van der Waals surface area contributed by atoms with E-state index in [0.717, 1.165) is 12.1 Å². The molecule has 0 fully saturated rings. The maximum atomic E-state index is 13.6. The first-order valence-corrected chi connectivity index (χ1v) is 8.09. The molecule has 8 heteroatoms. The van der Waals surface area contributed by atoms with Crippen LogP contribution in [0, 0.1) is 5.82 Å². The van der Waals surface area contributed by atoms with Crippen LogP contribution < -0.4 is 9.46 Å². The molecular weight excluding hydrogens is 331 g/mol. The molecule has 1 unspecified atom stereocenters. The molecule has 1 atom stereocenters. The third-order valence-electron chi connectivity index (χ3n) is 3.04. The van der Waals surface area contributed by atoms with Crippen LogP contribution >= 0.6 is 0 Å². The fourth-order valence-electron chi connectivity index (χ4n) is 1.99. The zero-order chi connectivity index (χ0) is 17.0. The Bertz CT molecular complexity index is 781. The Balaban J connectivity index is 2.21. The highest BCUT2D eigenvalue weighted by molar-refractivity contribution is 7.89. The SMILES string of the molecule is CC(NS(=O)(=O)c1ccccc1F)c1cccc(OC(F)F)c1. The molecular formula is C15H14F3NO3S. The summed E-state index contributed by atoms with van der Waals surface area (Å²) in [5, 5.41) is 0. The number of rotatable bonds is 6. The third kappa shape index (κ3) is 4.46. The van der Waals surface area contributed by atoms with Crippen LogP contribution in [-0.2, 0) is 10.0 Å². The van der Waals surface area contributed by atoms with E-state index in [4.69, 9.17) is 0 Å². The fourth-order valence-corrected chi connectivity index (χ4v) is 3.30. The van der Waals surface area contributed by atoms with Gasteiger partial charge in [-0.25, -0.2) is 17.5 Å². The highest BCUT2D eigenvalue weighted by atomic mass is 32.2. The molecule has 23 heavy (non-hydrogen) atoms. The van der Waals surface area contributed by atoms with Gasteiger partial charge in [-0.15, -0.1) is 0 Å². The minimum Gasteiger partial charge on any atom is -0.435 e. The van der Waals surface area contributed by atoms with E-state index >= 15 is 0 Å². The van der Waals surface area contributed by atoms with Gasteiger partial charge < -0.3 is 4.74 Å². The molecule has 1 N–H and O–H groups in total. The van der Waals surface area contributed by atoms with Crippen molar-refractivity contribution in [3.8, 4) is 5.75 Å². The second-order valence-electron chi connectivity index (χ2n) is 4.72. The molecule has 2 aromatic carbocycles. The van der Waals surface area contributed by atoms with E-state index in [2.05, 4.69) is 9.46 Å². The third-order valence-corrected chi connectivity index (χ3v) is 4.62. The molecule has 2 rings (SSSR count). The molecule has 0 aromatic heterocycles. The number of sulfonamides is 1. The Kier molecular flexibility index (Phi) is 5.27. The van der Waals surface area contributed by atoms with Crippen LogP contribution in [0.4, 0.5) is 13.2 Å². The molecule has 0 amide bonds. The zero-order valence-corrected chi connectivity index (χ0v) is 12.9. The maximum Gasteiger partial charge on any atom is 0.387 e. The van der Waals surface area contributed by atoms with Crippen molar-refractivity contribution in [3.63, 3.8) is 0 Å². The van der Waals surface area contributed by atoms with Crippen molar-refractivity contribution in [1.29, 1.82) is 0 Å². The van der Waals surface area contributed by atoms with Gasteiger partial charge in [0.1, 0.15) is 16.5 Å². The molecule has 2 aromatic rings.